The monoisotopic (exact) mass is 296 g/mol. The number of rotatable bonds is 4. The number of carbonyl (C=O) groups excluding carboxylic acids is 1. The smallest absolute Gasteiger partial charge is 0.230 e. The van der Waals surface area contributed by atoms with Crippen LogP contribution in [0.2, 0.25) is 5.02 Å². The Kier molecular flexibility index (Phi) is 4.89. The fourth-order valence-corrected chi connectivity index (χ4v) is 3.00. The number of hydrogen-bond acceptors (Lipinski definition) is 3. The summed E-state index contributed by atoms with van der Waals surface area (Å²) in [5, 5.41) is 15.9. The van der Waals surface area contributed by atoms with Crippen molar-refractivity contribution in [3.63, 3.8) is 0 Å². The first kappa shape index (κ1) is 15.1. The van der Waals surface area contributed by atoms with Crippen LogP contribution in [-0.2, 0) is 4.79 Å². The second-order valence-corrected chi connectivity index (χ2v) is 5.81. The van der Waals surface area contributed by atoms with Gasteiger partial charge >= 0.3 is 0 Å². The van der Waals surface area contributed by atoms with Gasteiger partial charge in [0.25, 0.3) is 0 Å². The Bertz CT molecular complexity index is 479. The van der Waals surface area contributed by atoms with Crippen LogP contribution in [0.3, 0.4) is 0 Å². The summed E-state index contributed by atoms with van der Waals surface area (Å²) in [6, 6.07) is 4.74. The molecule has 1 aromatic rings. The molecule has 1 saturated heterocycles. The summed E-state index contributed by atoms with van der Waals surface area (Å²) < 4.78 is 0. The molecule has 1 fully saturated rings. The number of amides is 1. The molecule has 0 bridgehead atoms. The Morgan fingerprint density at radius 2 is 2.15 bits per heavy atom. The molecule has 4 nitrogen and oxygen atoms in total. The Balaban J connectivity index is 2.13. The first-order valence-electron chi connectivity index (χ1n) is 7.08. The van der Waals surface area contributed by atoms with E-state index in [4.69, 9.17) is 11.6 Å². The third kappa shape index (κ3) is 3.25. The predicted octanol–water partition coefficient (Wildman–Crippen LogP) is 3.15. The molecule has 1 amide bonds. The lowest BCUT2D eigenvalue weighted by Crippen LogP contribution is -2.44. The van der Waals surface area contributed by atoms with Crippen molar-refractivity contribution in [1.82, 2.24) is 5.32 Å². The van der Waals surface area contributed by atoms with Gasteiger partial charge in [-0.2, -0.15) is 0 Å². The Labute approximate surface area is 124 Å². The number of halogens is 1. The van der Waals surface area contributed by atoms with Crippen molar-refractivity contribution < 1.29 is 9.90 Å². The van der Waals surface area contributed by atoms with Crippen LogP contribution in [0.25, 0.3) is 0 Å². The van der Waals surface area contributed by atoms with Crippen LogP contribution in [0.5, 0.6) is 5.75 Å². The van der Waals surface area contributed by atoms with Gasteiger partial charge in [-0.05, 0) is 50.6 Å². The van der Waals surface area contributed by atoms with Gasteiger partial charge in [0.05, 0.1) is 10.4 Å². The highest BCUT2D eigenvalue weighted by Gasteiger charge is 2.38. The molecule has 20 heavy (non-hydrogen) atoms. The molecule has 3 N–H and O–H groups in total. The van der Waals surface area contributed by atoms with Gasteiger partial charge in [0.15, 0.2) is 0 Å². The van der Waals surface area contributed by atoms with Crippen molar-refractivity contribution in [3.05, 3.63) is 23.2 Å². The van der Waals surface area contributed by atoms with Gasteiger partial charge in [-0.15, -0.1) is 0 Å². The standard InChI is InChI=1S/C15H21ClN2O2/c1-2-5-15(6-8-17-9-7-15)14(20)18-11-3-4-13(19)12(16)10-11/h3-4,10,17,19H,2,5-9H2,1H3,(H,18,20). The number of phenolic OH excluding ortho intramolecular Hbond substituents is 1. The van der Waals surface area contributed by atoms with Crippen LogP contribution in [0.4, 0.5) is 5.69 Å². The second kappa shape index (κ2) is 6.46. The topological polar surface area (TPSA) is 61.4 Å². The highest BCUT2D eigenvalue weighted by atomic mass is 35.5. The van der Waals surface area contributed by atoms with Crippen molar-refractivity contribution >= 4 is 23.2 Å². The van der Waals surface area contributed by atoms with Crippen molar-refractivity contribution in [2.24, 2.45) is 5.41 Å². The normalized spacial score (nSPS) is 17.7. The van der Waals surface area contributed by atoms with Gasteiger partial charge < -0.3 is 15.7 Å². The third-order valence-corrected chi connectivity index (χ3v) is 4.28. The Morgan fingerprint density at radius 1 is 1.45 bits per heavy atom. The number of carbonyl (C=O) groups is 1. The highest BCUT2D eigenvalue weighted by Crippen LogP contribution is 2.36. The van der Waals surface area contributed by atoms with Crippen LogP contribution in [0, 0.1) is 5.41 Å². The minimum Gasteiger partial charge on any atom is -0.506 e. The fourth-order valence-electron chi connectivity index (χ4n) is 2.82. The van der Waals surface area contributed by atoms with E-state index >= 15 is 0 Å². The molecule has 0 spiro atoms. The largest absolute Gasteiger partial charge is 0.506 e. The third-order valence-electron chi connectivity index (χ3n) is 3.98. The number of nitrogens with one attached hydrogen (secondary N) is 2. The highest BCUT2D eigenvalue weighted by molar-refractivity contribution is 6.32. The molecule has 2 rings (SSSR count). The number of piperidine rings is 1. The number of hydrogen-bond donors (Lipinski definition) is 3. The van der Waals surface area contributed by atoms with Gasteiger partial charge in [-0.25, -0.2) is 0 Å². The molecule has 1 aliphatic rings. The Morgan fingerprint density at radius 3 is 2.75 bits per heavy atom. The Hall–Kier alpha value is -1.26. The van der Waals surface area contributed by atoms with Gasteiger partial charge in [0.2, 0.25) is 5.91 Å². The lowest BCUT2D eigenvalue weighted by Gasteiger charge is -2.36. The van der Waals surface area contributed by atoms with Gasteiger partial charge in [-0.1, -0.05) is 24.9 Å². The average molecular weight is 297 g/mol. The van der Waals surface area contributed by atoms with E-state index in [2.05, 4.69) is 17.6 Å². The van der Waals surface area contributed by atoms with E-state index in [9.17, 15) is 9.90 Å². The second-order valence-electron chi connectivity index (χ2n) is 5.40. The number of benzene rings is 1. The summed E-state index contributed by atoms with van der Waals surface area (Å²) in [7, 11) is 0. The van der Waals surface area contributed by atoms with Crippen LogP contribution < -0.4 is 10.6 Å². The summed E-state index contributed by atoms with van der Waals surface area (Å²) in [5.41, 5.74) is 0.344. The summed E-state index contributed by atoms with van der Waals surface area (Å²) in [6.45, 7) is 3.86. The fraction of sp³-hybridized carbons (Fsp3) is 0.533. The molecule has 1 aliphatic heterocycles. The van der Waals surface area contributed by atoms with Crippen LogP contribution in [0.15, 0.2) is 18.2 Å². The van der Waals surface area contributed by atoms with E-state index in [1.165, 1.54) is 6.07 Å². The zero-order valence-corrected chi connectivity index (χ0v) is 12.5. The number of anilines is 1. The van der Waals surface area contributed by atoms with Gasteiger partial charge in [-0.3, -0.25) is 4.79 Å². The molecular formula is C15H21ClN2O2. The number of aromatic hydroxyl groups is 1. The maximum Gasteiger partial charge on any atom is 0.230 e. The molecule has 0 saturated carbocycles. The first-order chi connectivity index (χ1) is 9.57. The molecule has 0 atom stereocenters. The zero-order chi connectivity index (χ0) is 14.6. The summed E-state index contributed by atoms with van der Waals surface area (Å²) >= 11 is 5.87. The maximum absolute atomic E-state index is 12.6. The van der Waals surface area contributed by atoms with E-state index in [0.717, 1.165) is 38.8 Å². The molecule has 1 aromatic carbocycles. The van der Waals surface area contributed by atoms with E-state index in [1.807, 2.05) is 0 Å². The van der Waals surface area contributed by atoms with E-state index < -0.39 is 0 Å². The first-order valence-corrected chi connectivity index (χ1v) is 7.46. The van der Waals surface area contributed by atoms with Crippen molar-refractivity contribution in [2.45, 2.75) is 32.6 Å². The van der Waals surface area contributed by atoms with Crippen molar-refractivity contribution in [1.29, 1.82) is 0 Å². The molecule has 0 aliphatic carbocycles. The van der Waals surface area contributed by atoms with Crippen molar-refractivity contribution in [2.75, 3.05) is 18.4 Å². The maximum atomic E-state index is 12.6. The van der Waals surface area contributed by atoms with Gasteiger partial charge in [0, 0.05) is 5.69 Å². The molecule has 110 valence electrons. The lowest BCUT2D eigenvalue weighted by atomic mass is 9.74. The molecule has 0 unspecified atom stereocenters. The van der Waals surface area contributed by atoms with E-state index in [-0.39, 0.29) is 22.1 Å². The number of phenols is 1. The average Bonchev–Trinajstić information content (AvgIpc) is 2.44. The molecule has 0 aromatic heterocycles. The summed E-state index contributed by atoms with van der Waals surface area (Å²) in [5.74, 6) is 0.0809. The predicted molar refractivity (Wildman–Crippen MR) is 81.2 cm³/mol. The quantitative estimate of drug-likeness (QED) is 0.748. The zero-order valence-electron chi connectivity index (χ0n) is 11.7. The van der Waals surface area contributed by atoms with Crippen molar-refractivity contribution in [3.8, 4) is 5.75 Å². The van der Waals surface area contributed by atoms with E-state index in [1.54, 1.807) is 12.1 Å². The summed E-state index contributed by atoms with van der Waals surface area (Å²) in [6.07, 6.45) is 3.60. The molecule has 0 radical (unpaired) electrons. The minimum absolute atomic E-state index is 0.0230. The minimum atomic E-state index is -0.287. The summed E-state index contributed by atoms with van der Waals surface area (Å²) in [4.78, 5) is 12.6. The van der Waals surface area contributed by atoms with Crippen LogP contribution >= 0.6 is 11.6 Å². The molecular weight excluding hydrogens is 276 g/mol. The molecule has 1 heterocycles. The SMILES string of the molecule is CCCC1(C(=O)Nc2ccc(O)c(Cl)c2)CCNCC1. The lowest BCUT2D eigenvalue weighted by molar-refractivity contribution is -0.127. The van der Waals surface area contributed by atoms with E-state index in [0.29, 0.717) is 5.69 Å². The van der Waals surface area contributed by atoms with Gasteiger partial charge in [0.1, 0.15) is 5.75 Å². The van der Waals surface area contributed by atoms with Crippen LogP contribution in [-0.4, -0.2) is 24.1 Å². The van der Waals surface area contributed by atoms with Crippen LogP contribution in [0.1, 0.15) is 32.6 Å². The molecule has 5 heteroatoms.